The summed E-state index contributed by atoms with van der Waals surface area (Å²) in [4.78, 5) is 18.4. The third kappa shape index (κ3) is 5.74. The minimum absolute atomic E-state index is 0.111. The SMILES string of the molecule is C=C(CCSc1nc(C)cc(=O)[nH]1)NCc1ccc(C(=C)C)cc1. The molecule has 24 heavy (non-hydrogen) atoms. The van der Waals surface area contributed by atoms with Gasteiger partial charge in [-0.05, 0) is 31.4 Å². The van der Waals surface area contributed by atoms with E-state index in [0.717, 1.165) is 41.2 Å². The summed E-state index contributed by atoms with van der Waals surface area (Å²) in [6, 6.07) is 9.85. The van der Waals surface area contributed by atoms with E-state index >= 15 is 0 Å². The molecule has 126 valence electrons. The van der Waals surface area contributed by atoms with Crippen LogP contribution in [0, 0.1) is 6.92 Å². The Morgan fingerprint density at radius 3 is 2.62 bits per heavy atom. The summed E-state index contributed by atoms with van der Waals surface area (Å²) in [6.45, 7) is 12.6. The Labute approximate surface area is 147 Å². The molecular weight excluding hydrogens is 318 g/mol. The molecule has 0 saturated heterocycles. The molecule has 4 nitrogen and oxygen atoms in total. The number of hydrogen-bond donors (Lipinski definition) is 2. The highest BCUT2D eigenvalue weighted by atomic mass is 32.2. The summed E-state index contributed by atoms with van der Waals surface area (Å²) in [5.41, 5.74) is 5.03. The Morgan fingerprint density at radius 2 is 2.00 bits per heavy atom. The molecule has 5 heteroatoms. The third-order valence-electron chi connectivity index (χ3n) is 3.48. The Balaban J connectivity index is 1.75. The number of H-pyrrole nitrogens is 1. The van der Waals surface area contributed by atoms with Gasteiger partial charge in [-0.3, -0.25) is 4.79 Å². The fourth-order valence-electron chi connectivity index (χ4n) is 2.11. The van der Waals surface area contributed by atoms with Gasteiger partial charge in [-0.2, -0.15) is 0 Å². The van der Waals surface area contributed by atoms with Gasteiger partial charge in [-0.15, -0.1) is 0 Å². The molecule has 0 atom stereocenters. The average molecular weight is 341 g/mol. The maximum Gasteiger partial charge on any atom is 0.251 e. The highest BCUT2D eigenvalue weighted by Crippen LogP contribution is 2.15. The van der Waals surface area contributed by atoms with Gasteiger partial charge in [0.15, 0.2) is 5.16 Å². The predicted octanol–water partition coefficient (Wildman–Crippen LogP) is 3.90. The molecule has 2 rings (SSSR count). The van der Waals surface area contributed by atoms with Crippen LogP contribution in [0.2, 0.25) is 0 Å². The third-order valence-corrected chi connectivity index (χ3v) is 4.35. The summed E-state index contributed by atoms with van der Waals surface area (Å²) in [5, 5.41) is 3.99. The molecule has 2 aromatic rings. The number of hydrogen-bond acceptors (Lipinski definition) is 4. The van der Waals surface area contributed by atoms with Crippen LogP contribution in [-0.4, -0.2) is 15.7 Å². The zero-order valence-corrected chi connectivity index (χ0v) is 15.0. The van der Waals surface area contributed by atoms with Crippen LogP contribution in [0.15, 0.2) is 59.1 Å². The van der Waals surface area contributed by atoms with E-state index in [1.807, 2.05) is 13.8 Å². The van der Waals surface area contributed by atoms with Gasteiger partial charge in [0.2, 0.25) is 0 Å². The normalized spacial score (nSPS) is 10.4. The standard InChI is InChI=1S/C19H23N3OS/c1-13(2)17-7-5-16(6-8-17)12-20-14(3)9-10-24-19-21-15(4)11-18(23)22-19/h5-8,11,20H,1,3,9-10,12H2,2,4H3,(H,21,22,23). The number of thioether (sulfide) groups is 1. The van der Waals surface area contributed by atoms with E-state index in [0.29, 0.717) is 5.16 Å². The van der Waals surface area contributed by atoms with Crippen LogP contribution in [-0.2, 0) is 6.54 Å². The number of nitrogens with zero attached hydrogens (tertiary/aromatic N) is 1. The highest BCUT2D eigenvalue weighted by Gasteiger charge is 2.01. The highest BCUT2D eigenvalue weighted by molar-refractivity contribution is 7.99. The van der Waals surface area contributed by atoms with E-state index in [-0.39, 0.29) is 5.56 Å². The minimum Gasteiger partial charge on any atom is -0.385 e. The number of aromatic amines is 1. The van der Waals surface area contributed by atoms with Crippen molar-refractivity contribution in [2.45, 2.75) is 32.0 Å². The molecule has 2 N–H and O–H groups in total. The van der Waals surface area contributed by atoms with Crippen molar-refractivity contribution in [3.63, 3.8) is 0 Å². The Morgan fingerprint density at radius 1 is 1.29 bits per heavy atom. The quantitative estimate of drug-likeness (QED) is 0.565. The van der Waals surface area contributed by atoms with Gasteiger partial charge in [0.1, 0.15) is 0 Å². The summed E-state index contributed by atoms with van der Waals surface area (Å²) < 4.78 is 0. The monoisotopic (exact) mass is 341 g/mol. The second-order valence-corrected chi connectivity index (χ2v) is 6.81. The zero-order valence-electron chi connectivity index (χ0n) is 14.2. The van der Waals surface area contributed by atoms with Crippen LogP contribution in [0.1, 0.15) is 30.2 Å². The number of aryl methyl sites for hydroxylation is 1. The van der Waals surface area contributed by atoms with Crippen molar-refractivity contribution >= 4 is 17.3 Å². The van der Waals surface area contributed by atoms with Crippen molar-refractivity contribution in [1.82, 2.24) is 15.3 Å². The molecular formula is C19H23N3OS. The molecule has 0 saturated carbocycles. The first-order valence-corrected chi connectivity index (χ1v) is 8.80. The van der Waals surface area contributed by atoms with E-state index in [1.165, 1.54) is 23.4 Å². The molecule has 1 aromatic carbocycles. The lowest BCUT2D eigenvalue weighted by Crippen LogP contribution is -2.13. The number of rotatable bonds is 8. The van der Waals surface area contributed by atoms with Crippen LogP contribution in [0.5, 0.6) is 0 Å². The fraction of sp³-hybridized carbons (Fsp3) is 0.263. The van der Waals surface area contributed by atoms with Crippen LogP contribution >= 0.6 is 11.8 Å². The predicted molar refractivity (Wildman–Crippen MR) is 102 cm³/mol. The maximum atomic E-state index is 11.4. The molecule has 0 spiro atoms. The first kappa shape index (κ1) is 18.1. The lowest BCUT2D eigenvalue weighted by atomic mass is 10.1. The molecule has 0 radical (unpaired) electrons. The zero-order chi connectivity index (χ0) is 17.5. The van der Waals surface area contributed by atoms with E-state index in [2.05, 4.69) is 52.7 Å². The molecule has 0 fully saturated rings. The van der Waals surface area contributed by atoms with Crippen molar-refractivity contribution in [2.75, 3.05) is 5.75 Å². The van der Waals surface area contributed by atoms with Crippen LogP contribution in [0.3, 0.4) is 0 Å². The van der Waals surface area contributed by atoms with Crippen LogP contribution < -0.4 is 10.9 Å². The van der Waals surface area contributed by atoms with Crippen molar-refractivity contribution in [2.24, 2.45) is 0 Å². The lowest BCUT2D eigenvalue weighted by Gasteiger charge is -2.10. The van der Waals surface area contributed by atoms with Crippen LogP contribution in [0.4, 0.5) is 0 Å². The fourth-order valence-corrected chi connectivity index (χ4v) is 3.04. The van der Waals surface area contributed by atoms with Gasteiger partial charge in [-0.25, -0.2) is 4.98 Å². The second kappa shape index (κ2) is 8.55. The second-order valence-electron chi connectivity index (χ2n) is 5.72. The summed E-state index contributed by atoms with van der Waals surface area (Å²) >= 11 is 1.53. The van der Waals surface area contributed by atoms with Crippen molar-refractivity contribution in [1.29, 1.82) is 0 Å². The molecule has 0 aliphatic carbocycles. The van der Waals surface area contributed by atoms with Gasteiger partial charge in [0, 0.05) is 29.8 Å². The summed E-state index contributed by atoms with van der Waals surface area (Å²) in [6.07, 6.45) is 0.812. The van der Waals surface area contributed by atoms with Gasteiger partial charge >= 0.3 is 0 Å². The van der Waals surface area contributed by atoms with E-state index in [1.54, 1.807) is 0 Å². The molecule has 0 aliphatic heterocycles. The molecule has 1 heterocycles. The van der Waals surface area contributed by atoms with Crippen molar-refractivity contribution < 1.29 is 0 Å². The number of aromatic nitrogens is 2. The number of allylic oxidation sites excluding steroid dienone is 2. The smallest absolute Gasteiger partial charge is 0.251 e. The van der Waals surface area contributed by atoms with E-state index in [4.69, 9.17) is 0 Å². The maximum absolute atomic E-state index is 11.4. The van der Waals surface area contributed by atoms with Crippen LogP contribution in [0.25, 0.3) is 5.57 Å². The molecule has 0 aliphatic rings. The Bertz CT molecular complexity index is 778. The van der Waals surface area contributed by atoms with Gasteiger partial charge < -0.3 is 10.3 Å². The molecule has 0 amide bonds. The van der Waals surface area contributed by atoms with Gasteiger partial charge in [-0.1, -0.05) is 54.8 Å². The number of benzene rings is 1. The van der Waals surface area contributed by atoms with Crippen molar-refractivity contribution in [3.05, 3.63) is 76.4 Å². The average Bonchev–Trinajstić information content (AvgIpc) is 2.52. The lowest BCUT2D eigenvalue weighted by molar-refractivity contribution is 0.778. The first-order chi connectivity index (χ1) is 11.4. The number of nitrogens with one attached hydrogen (secondary N) is 2. The summed E-state index contributed by atoms with van der Waals surface area (Å²) in [5.74, 6) is 0.812. The van der Waals surface area contributed by atoms with Gasteiger partial charge in [0.25, 0.3) is 5.56 Å². The topological polar surface area (TPSA) is 57.8 Å². The Hall–Kier alpha value is -2.27. The van der Waals surface area contributed by atoms with E-state index < -0.39 is 0 Å². The minimum atomic E-state index is -0.111. The Kier molecular flexibility index (Phi) is 6.44. The summed E-state index contributed by atoms with van der Waals surface area (Å²) in [7, 11) is 0. The van der Waals surface area contributed by atoms with Crippen molar-refractivity contribution in [3.8, 4) is 0 Å². The first-order valence-electron chi connectivity index (χ1n) is 7.81. The van der Waals surface area contributed by atoms with E-state index in [9.17, 15) is 4.79 Å². The molecule has 0 bridgehead atoms. The largest absolute Gasteiger partial charge is 0.385 e. The molecule has 1 aromatic heterocycles. The van der Waals surface area contributed by atoms with Gasteiger partial charge in [0.05, 0.1) is 0 Å². The molecule has 0 unspecified atom stereocenters.